The third-order valence-corrected chi connectivity index (χ3v) is 3.17. The van der Waals surface area contributed by atoms with Crippen molar-refractivity contribution in [2.45, 2.75) is 12.3 Å². The summed E-state index contributed by atoms with van der Waals surface area (Å²) in [5, 5.41) is 9.83. The average Bonchev–Trinajstić information content (AvgIpc) is 2.46. The first-order chi connectivity index (χ1) is 9.20. The van der Waals surface area contributed by atoms with Crippen molar-refractivity contribution in [2.24, 2.45) is 0 Å². The summed E-state index contributed by atoms with van der Waals surface area (Å²) in [4.78, 5) is 12.1. The smallest absolute Gasteiger partial charge is 0.164 e. The molecule has 2 nitrogen and oxygen atoms in total. The van der Waals surface area contributed by atoms with Gasteiger partial charge in [0, 0.05) is 17.0 Å². The topological polar surface area (TPSA) is 40.9 Å². The van der Waals surface area contributed by atoms with Gasteiger partial charge in [-0.2, -0.15) is 5.26 Å². The number of rotatable bonds is 4. The number of carbonyl (C=O) groups excluding carboxylic acids is 1. The van der Waals surface area contributed by atoms with E-state index in [1.807, 2.05) is 18.2 Å². The highest BCUT2D eigenvalue weighted by atomic mass is 35.5. The molecule has 3 heteroatoms. The summed E-state index contributed by atoms with van der Waals surface area (Å²) in [5.41, 5.74) is 1.45. The van der Waals surface area contributed by atoms with Gasteiger partial charge in [-0.1, -0.05) is 54.1 Å². The summed E-state index contributed by atoms with van der Waals surface area (Å²) < 4.78 is 0. The van der Waals surface area contributed by atoms with Gasteiger partial charge in [-0.05, 0) is 17.7 Å². The van der Waals surface area contributed by atoms with Crippen molar-refractivity contribution in [3.05, 3.63) is 70.7 Å². The van der Waals surface area contributed by atoms with Crippen molar-refractivity contribution in [1.29, 1.82) is 5.26 Å². The van der Waals surface area contributed by atoms with E-state index >= 15 is 0 Å². The molecule has 0 radical (unpaired) electrons. The van der Waals surface area contributed by atoms with Gasteiger partial charge < -0.3 is 0 Å². The monoisotopic (exact) mass is 269 g/mol. The lowest BCUT2D eigenvalue weighted by Crippen LogP contribution is -2.06. The second-order valence-corrected chi connectivity index (χ2v) is 4.66. The molecule has 0 fully saturated rings. The Bertz CT molecular complexity index is 599. The van der Waals surface area contributed by atoms with Crippen molar-refractivity contribution in [2.75, 3.05) is 0 Å². The maximum absolute atomic E-state index is 12.1. The minimum Gasteiger partial charge on any atom is -0.294 e. The summed E-state index contributed by atoms with van der Waals surface area (Å²) >= 11 is 5.81. The molecule has 2 aromatic carbocycles. The van der Waals surface area contributed by atoms with Crippen LogP contribution in [0.2, 0.25) is 5.02 Å². The zero-order chi connectivity index (χ0) is 13.7. The molecule has 0 aliphatic rings. The van der Waals surface area contributed by atoms with Crippen molar-refractivity contribution >= 4 is 17.4 Å². The van der Waals surface area contributed by atoms with Gasteiger partial charge in [0.25, 0.3) is 0 Å². The Labute approximate surface area is 117 Å². The SMILES string of the molecule is N#C[C@@H](CC(=O)c1ccccc1)c1ccc(Cl)cc1. The van der Waals surface area contributed by atoms with Gasteiger partial charge >= 0.3 is 0 Å². The Balaban J connectivity index is 2.14. The Hall–Kier alpha value is -2.11. The number of benzene rings is 2. The highest BCUT2D eigenvalue weighted by molar-refractivity contribution is 6.30. The molecule has 0 heterocycles. The number of hydrogen-bond acceptors (Lipinski definition) is 2. The van der Waals surface area contributed by atoms with Crippen molar-refractivity contribution in [1.82, 2.24) is 0 Å². The predicted molar refractivity (Wildman–Crippen MR) is 75.2 cm³/mol. The summed E-state index contributed by atoms with van der Waals surface area (Å²) in [5.74, 6) is -0.466. The summed E-state index contributed by atoms with van der Waals surface area (Å²) in [7, 11) is 0. The van der Waals surface area contributed by atoms with Gasteiger partial charge in [0.15, 0.2) is 5.78 Å². The van der Waals surface area contributed by atoms with Gasteiger partial charge in [0.1, 0.15) is 0 Å². The van der Waals surface area contributed by atoms with Gasteiger partial charge in [-0.3, -0.25) is 4.79 Å². The van der Waals surface area contributed by atoms with Gasteiger partial charge in [0.05, 0.1) is 12.0 Å². The van der Waals surface area contributed by atoms with E-state index in [2.05, 4.69) is 6.07 Å². The molecule has 94 valence electrons. The number of Topliss-reactive ketones (excluding diaryl/α,β-unsaturated/α-hetero) is 1. The normalized spacial score (nSPS) is 11.6. The molecular formula is C16H12ClNO. The molecule has 1 atom stereocenters. The zero-order valence-electron chi connectivity index (χ0n) is 10.2. The van der Waals surface area contributed by atoms with Crippen LogP contribution < -0.4 is 0 Å². The number of halogens is 1. The van der Waals surface area contributed by atoms with E-state index in [0.717, 1.165) is 5.56 Å². The summed E-state index contributed by atoms with van der Waals surface area (Å²) in [6.07, 6.45) is 0.183. The molecule has 0 saturated carbocycles. The fraction of sp³-hybridized carbons (Fsp3) is 0.125. The fourth-order valence-corrected chi connectivity index (χ4v) is 1.99. The molecule has 0 spiro atoms. The number of hydrogen-bond donors (Lipinski definition) is 0. The summed E-state index contributed by atoms with van der Waals surface area (Å²) in [6, 6.07) is 18.2. The van der Waals surface area contributed by atoms with E-state index in [0.29, 0.717) is 10.6 Å². The lowest BCUT2D eigenvalue weighted by atomic mass is 9.93. The highest BCUT2D eigenvalue weighted by Crippen LogP contribution is 2.22. The first kappa shape index (κ1) is 13.3. The Morgan fingerprint density at radius 2 is 1.74 bits per heavy atom. The standard InChI is InChI=1S/C16H12ClNO/c17-15-8-6-12(7-9-15)14(11-18)10-16(19)13-4-2-1-3-5-13/h1-9,14H,10H2/t14-/m1/s1. The van der Waals surface area contributed by atoms with Crippen molar-refractivity contribution in [3.63, 3.8) is 0 Å². The minimum absolute atomic E-state index is 0.0258. The summed E-state index contributed by atoms with van der Waals surface area (Å²) in [6.45, 7) is 0. The first-order valence-electron chi connectivity index (χ1n) is 5.94. The van der Waals surface area contributed by atoms with Crippen LogP contribution in [0.1, 0.15) is 28.3 Å². The molecule has 0 amide bonds. The maximum Gasteiger partial charge on any atom is 0.164 e. The lowest BCUT2D eigenvalue weighted by Gasteiger charge is -2.08. The van der Waals surface area contributed by atoms with Crippen LogP contribution in [0, 0.1) is 11.3 Å². The molecule has 0 unspecified atom stereocenters. The van der Waals surface area contributed by atoms with Crippen LogP contribution >= 0.6 is 11.6 Å². The van der Waals surface area contributed by atoms with Crippen molar-refractivity contribution < 1.29 is 4.79 Å². The number of nitrogens with zero attached hydrogens (tertiary/aromatic N) is 1. The van der Waals surface area contributed by atoms with E-state index in [4.69, 9.17) is 11.6 Å². The molecule has 0 N–H and O–H groups in total. The Morgan fingerprint density at radius 3 is 2.32 bits per heavy atom. The molecule has 19 heavy (non-hydrogen) atoms. The van der Waals surface area contributed by atoms with E-state index in [1.54, 1.807) is 36.4 Å². The molecular weight excluding hydrogens is 258 g/mol. The fourth-order valence-electron chi connectivity index (χ4n) is 1.86. The van der Waals surface area contributed by atoms with Gasteiger partial charge in [0.2, 0.25) is 0 Å². The maximum atomic E-state index is 12.1. The predicted octanol–water partition coefficient (Wildman–Crippen LogP) is 4.22. The largest absolute Gasteiger partial charge is 0.294 e. The number of nitriles is 1. The minimum atomic E-state index is -0.440. The van der Waals surface area contributed by atoms with E-state index in [1.165, 1.54) is 0 Å². The Morgan fingerprint density at radius 1 is 1.11 bits per heavy atom. The van der Waals surface area contributed by atoms with Crippen LogP contribution in [0.25, 0.3) is 0 Å². The first-order valence-corrected chi connectivity index (χ1v) is 6.32. The van der Waals surface area contributed by atoms with Crippen LogP contribution in [0.3, 0.4) is 0 Å². The zero-order valence-corrected chi connectivity index (χ0v) is 11.0. The van der Waals surface area contributed by atoms with Crippen LogP contribution in [-0.2, 0) is 0 Å². The molecule has 2 rings (SSSR count). The third kappa shape index (κ3) is 3.43. The third-order valence-electron chi connectivity index (χ3n) is 2.91. The second kappa shape index (κ2) is 6.17. The number of carbonyl (C=O) groups is 1. The second-order valence-electron chi connectivity index (χ2n) is 4.23. The average molecular weight is 270 g/mol. The van der Waals surface area contributed by atoms with Crippen LogP contribution in [0.15, 0.2) is 54.6 Å². The van der Waals surface area contributed by atoms with Gasteiger partial charge in [-0.15, -0.1) is 0 Å². The molecule has 0 aliphatic heterocycles. The van der Waals surface area contributed by atoms with E-state index in [-0.39, 0.29) is 12.2 Å². The lowest BCUT2D eigenvalue weighted by molar-refractivity contribution is 0.0979. The van der Waals surface area contributed by atoms with Crippen LogP contribution in [-0.4, -0.2) is 5.78 Å². The molecule has 0 aliphatic carbocycles. The van der Waals surface area contributed by atoms with Crippen LogP contribution in [0.4, 0.5) is 0 Å². The van der Waals surface area contributed by atoms with E-state index in [9.17, 15) is 10.1 Å². The molecule has 0 bridgehead atoms. The van der Waals surface area contributed by atoms with Gasteiger partial charge in [-0.25, -0.2) is 0 Å². The van der Waals surface area contributed by atoms with E-state index < -0.39 is 5.92 Å². The highest BCUT2D eigenvalue weighted by Gasteiger charge is 2.16. The van der Waals surface area contributed by atoms with Crippen molar-refractivity contribution in [3.8, 4) is 6.07 Å². The van der Waals surface area contributed by atoms with Crippen LogP contribution in [0.5, 0.6) is 0 Å². The Kier molecular flexibility index (Phi) is 4.33. The number of ketones is 1. The quantitative estimate of drug-likeness (QED) is 0.780. The molecule has 0 aromatic heterocycles. The molecule has 2 aromatic rings. The molecule has 0 saturated heterocycles.